The minimum Gasteiger partial charge on any atom is -0.404 e. The van der Waals surface area contributed by atoms with Crippen LogP contribution in [0.4, 0.5) is 0 Å². The van der Waals surface area contributed by atoms with Gasteiger partial charge in [0.05, 0.1) is 16.9 Å². The Bertz CT molecular complexity index is 920. The van der Waals surface area contributed by atoms with Crippen LogP contribution in [0.25, 0.3) is 5.69 Å². The molecule has 2 aromatic carbocycles. The van der Waals surface area contributed by atoms with Gasteiger partial charge in [0.15, 0.2) is 0 Å². The molecule has 0 aliphatic carbocycles. The molecule has 0 aliphatic rings. The Labute approximate surface area is 158 Å². The van der Waals surface area contributed by atoms with Crippen LogP contribution >= 0.6 is 11.6 Å². The first-order chi connectivity index (χ1) is 12.2. The monoisotopic (exact) mass is 368 g/mol. The lowest BCUT2D eigenvalue weighted by Gasteiger charge is -2.13. The fourth-order valence-corrected chi connectivity index (χ4v) is 2.54. The lowest BCUT2D eigenvalue weighted by Crippen LogP contribution is -2.13. The molecule has 3 rings (SSSR count). The van der Waals surface area contributed by atoms with E-state index < -0.39 is 5.97 Å². The van der Waals surface area contributed by atoms with Crippen molar-refractivity contribution in [1.82, 2.24) is 9.78 Å². The van der Waals surface area contributed by atoms with Crippen LogP contribution in [0.2, 0.25) is 5.02 Å². The molecule has 0 aliphatic heterocycles. The van der Waals surface area contributed by atoms with Gasteiger partial charge >= 0.3 is 5.97 Å². The first-order valence-electron chi connectivity index (χ1n) is 8.39. The molecule has 0 N–H and O–H groups in total. The molecule has 0 amide bonds. The molecule has 0 unspecified atom stereocenters. The molecule has 3 aromatic rings. The van der Waals surface area contributed by atoms with Crippen molar-refractivity contribution in [3.8, 4) is 11.6 Å². The Morgan fingerprint density at radius 2 is 1.65 bits per heavy atom. The Morgan fingerprint density at radius 1 is 1.04 bits per heavy atom. The van der Waals surface area contributed by atoms with Crippen LogP contribution in [0.15, 0.2) is 54.6 Å². The van der Waals surface area contributed by atoms with Gasteiger partial charge in [-0.3, -0.25) is 0 Å². The lowest BCUT2D eigenvalue weighted by molar-refractivity contribution is 0.0723. The van der Waals surface area contributed by atoms with E-state index in [9.17, 15) is 4.79 Å². The van der Waals surface area contributed by atoms with E-state index in [-0.39, 0.29) is 5.41 Å². The van der Waals surface area contributed by atoms with Gasteiger partial charge in [-0.15, -0.1) is 0 Å². The van der Waals surface area contributed by atoms with Crippen LogP contribution in [-0.2, 0) is 5.41 Å². The maximum absolute atomic E-state index is 12.5. The van der Waals surface area contributed by atoms with E-state index >= 15 is 0 Å². The molecule has 0 saturated heterocycles. The first kappa shape index (κ1) is 18.2. The van der Waals surface area contributed by atoms with E-state index in [1.165, 1.54) is 0 Å². The number of aryl methyl sites for hydroxylation is 1. The van der Waals surface area contributed by atoms with Crippen LogP contribution < -0.4 is 4.74 Å². The molecule has 0 saturated carbocycles. The van der Waals surface area contributed by atoms with Crippen LogP contribution in [0.3, 0.4) is 0 Å². The fourth-order valence-electron chi connectivity index (χ4n) is 2.41. The van der Waals surface area contributed by atoms with Crippen molar-refractivity contribution >= 4 is 17.6 Å². The topological polar surface area (TPSA) is 44.1 Å². The summed E-state index contributed by atoms with van der Waals surface area (Å²) in [5.74, 6) is -0.0385. The number of halogens is 1. The summed E-state index contributed by atoms with van der Waals surface area (Å²) in [7, 11) is 0. The average Bonchev–Trinajstić information content (AvgIpc) is 3.00. The van der Waals surface area contributed by atoms with E-state index in [2.05, 4.69) is 25.9 Å². The summed E-state index contributed by atoms with van der Waals surface area (Å²) in [6.07, 6.45) is 0. The fraction of sp³-hybridized carbons (Fsp3) is 0.238. The second kappa shape index (κ2) is 6.96. The number of ether oxygens (including phenoxy) is 1. The van der Waals surface area contributed by atoms with Gasteiger partial charge in [-0.05, 0) is 43.3 Å². The number of nitrogens with zero attached hydrogens (tertiary/aromatic N) is 2. The van der Waals surface area contributed by atoms with E-state index in [0.717, 1.165) is 16.9 Å². The lowest BCUT2D eigenvalue weighted by atomic mass is 9.93. The van der Waals surface area contributed by atoms with Crippen molar-refractivity contribution in [3.63, 3.8) is 0 Å². The van der Waals surface area contributed by atoms with Crippen molar-refractivity contribution in [2.45, 2.75) is 33.1 Å². The van der Waals surface area contributed by atoms with E-state index in [1.54, 1.807) is 35.0 Å². The highest BCUT2D eigenvalue weighted by Gasteiger charge is 2.23. The van der Waals surface area contributed by atoms with Gasteiger partial charge in [-0.25, -0.2) is 9.48 Å². The van der Waals surface area contributed by atoms with Crippen LogP contribution in [0.5, 0.6) is 5.88 Å². The second-order valence-electron chi connectivity index (χ2n) is 7.26. The Hall–Kier alpha value is -2.59. The summed E-state index contributed by atoms with van der Waals surface area (Å²) in [6.45, 7) is 8.16. The molecule has 0 fully saturated rings. The SMILES string of the molecule is Cc1ccc(C(=O)Oc2cc(C(C)(C)C)nn2-c2ccc(Cl)cc2)cc1. The average molecular weight is 369 g/mol. The number of rotatable bonds is 3. The number of benzene rings is 2. The van der Waals surface area contributed by atoms with Crippen LogP contribution in [0.1, 0.15) is 42.4 Å². The highest BCUT2D eigenvalue weighted by Crippen LogP contribution is 2.28. The number of aromatic nitrogens is 2. The molecule has 0 atom stereocenters. The van der Waals surface area contributed by atoms with Crippen molar-refractivity contribution in [1.29, 1.82) is 0 Å². The predicted molar refractivity (Wildman–Crippen MR) is 103 cm³/mol. The van der Waals surface area contributed by atoms with Gasteiger partial charge in [0.2, 0.25) is 5.88 Å². The van der Waals surface area contributed by atoms with Crippen LogP contribution in [0, 0.1) is 6.92 Å². The van der Waals surface area contributed by atoms with Crippen molar-refractivity contribution in [2.75, 3.05) is 0 Å². The van der Waals surface area contributed by atoms with Crippen molar-refractivity contribution in [2.24, 2.45) is 0 Å². The van der Waals surface area contributed by atoms with Crippen molar-refractivity contribution in [3.05, 3.63) is 76.4 Å². The molecule has 1 aromatic heterocycles. The Kier molecular flexibility index (Phi) is 4.88. The van der Waals surface area contributed by atoms with Gasteiger partial charge in [0.25, 0.3) is 0 Å². The minimum atomic E-state index is -0.416. The summed E-state index contributed by atoms with van der Waals surface area (Å²) in [4.78, 5) is 12.5. The third kappa shape index (κ3) is 3.97. The smallest absolute Gasteiger partial charge is 0.344 e. The third-order valence-electron chi connectivity index (χ3n) is 4.00. The molecule has 4 nitrogen and oxygen atoms in total. The quantitative estimate of drug-likeness (QED) is 0.585. The highest BCUT2D eigenvalue weighted by molar-refractivity contribution is 6.30. The Balaban J connectivity index is 1.99. The number of hydrogen-bond donors (Lipinski definition) is 0. The largest absolute Gasteiger partial charge is 0.404 e. The number of carbonyl (C=O) groups excluding carboxylic acids is 1. The van der Waals surface area contributed by atoms with E-state index in [1.807, 2.05) is 31.2 Å². The molecular formula is C21H21ClN2O2. The molecule has 26 heavy (non-hydrogen) atoms. The third-order valence-corrected chi connectivity index (χ3v) is 4.25. The number of hydrogen-bond acceptors (Lipinski definition) is 3. The summed E-state index contributed by atoms with van der Waals surface area (Å²) in [6, 6.07) is 16.3. The van der Waals surface area contributed by atoms with Crippen LogP contribution in [-0.4, -0.2) is 15.7 Å². The normalized spacial score (nSPS) is 11.4. The minimum absolute atomic E-state index is 0.178. The van der Waals surface area contributed by atoms with Gasteiger partial charge in [0, 0.05) is 16.5 Å². The number of carbonyl (C=O) groups is 1. The molecule has 0 radical (unpaired) electrons. The molecule has 5 heteroatoms. The summed E-state index contributed by atoms with van der Waals surface area (Å²) in [5.41, 5.74) is 3.01. The first-order valence-corrected chi connectivity index (χ1v) is 8.77. The summed E-state index contributed by atoms with van der Waals surface area (Å²) >= 11 is 5.98. The second-order valence-corrected chi connectivity index (χ2v) is 7.70. The van der Waals surface area contributed by atoms with Gasteiger partial charge in [-0.1, -0.05) is 50.1 Å². The standard InChI is InChI=1S/C21H21ClN2O2/c1-14-5-7-15(8-6-14)20(25)26-19-13-18(21(2,3)4)23-24(19)17-11-9-16(22)10-12-17/h5-13H,1-4H3. The molecule has 0 spiro atoms. The van der Waals surface area contributed by atoms with Crippen molar-refractivity contribution < 1.29 is 9.53 Å². The van der Waals surface area contributed by atoms with Gasteiger partial charge < -0.3 is 4.74 Å². The zero-order valence-corrected chi connectivity index (χ0v) is 16.0. The zero-order chi connectivity index (χ0) is 18.9. The number of esters is 1. The van der Waals surface area contributed by atoms with Gasteiger partial charge in [0.1, 0.15) is 0 Å². The maximum atomic E-state index is 12.5. The molecule has 0 bridgehead atoms. The zero-order valence-electron chi connectivity index (χ0n) is 15.3. The predicted octanol–water partition coefficient (Wildman–Crippen LogP) is 5.35. The molecule has 1 heterocycles. The molecular weight excluding hydrogens is 348 g/mol. The highest BCUT2D eigenvalue weighted by atomic mass is 35.5. The summed E-state index contributed by atoms with van der Waals surface area (Å²) in [5, 5.41) is 5.27. The summed E-state index contributed by atoms with van der Waals surface area (Å²) < 4.78 is 7.29. The van der Waals surface area contributed by atoms with E-state index in [0.29, 0.717) is 16.5 Å². The molecule has 134 valence electrons. The van der Waals surface area contributed by atoms with Gasteiger partial charge in [-0.2, -0.15) is 5.10 Å². The Morgan fingerprint density at radius 3 is 2.23 bits per heavy atom. The van der Waals surface area contributed by atoms with E-state index in [4.69, 9.17) is 16.3 Å². The maximum Gasteiger partial charge on any atom is 0.344 e.